The monoisotopic (exact) mass is 261 g/mol. The van der Waals surface area contributed by atoms with Gasteiger partial charge in [-0.2, -0.15) is 0 Å². The van der Waals surface area contributed by atoms with Gasteiger partial charge in [-0.25, -0.2) is 4.79 Å². The molecule has 0 radical (unpaired) electrons. The summed E-state index contributed by atoms with van der Waals surface area (Å²) in [5.41, 5.74) is 0.690. The summed E-state index contributed by atoms with van der Waals surface area (Å²) in [7, 11) is 0. The van der Waals surface area contributed by atoms with E-state index in [1.54, 1.807) is 12.1 Å². The number of carbonyl (C=O) groups excluding carboxylic acids is 1. The van der Waals surface area contributed by atoms with E-state index in [0.29, 0.717) is 5.69 Å². The highest BCUT2D eigenvalue weighted by Crippen LogP contribution is 2.39. The number of hydrogen-bond donors (Lipinski definition) is 2. The minimum Gasteiger partial charge on any atom is -0.478 e. The van der Waals surface area contributed by atoms with Crippen LogP contribution in [0.25, 0.3) is 0 Å². The molecule has 0 saturated carbocycles. The predicted octanol–water partition coefficient (Wildman–Crippen LogP) is 1.89. The fraction of sp³-hybridized carbons (Fsp3) is 0.429. The topological polar surface area (TPSA) is 75.6 Å². The molecule has 3 atom stereocenters. The van der Waals surface area contributed by atoms with E-state index in [-0.39, 0.29) is 29.6 Å². The van der Waals surface area contributed by atoms with Gasteiger partial charge in [0.15, 0.2) is 0 Å². The first-order valence-electron chi connectivity index (χ1n) is 6.43. The maximum Gasteiger partial charge on any atom is 0.335 e. The van der Waals surface area contributed by atoms with Gasteiger partial charge in [-0.3, -0.25) is 4.79 Å². The van der Waals surface area contributed by atoms with Crippen LogP contribution in [0.5, 0.6) is 0 Å². The smallest absolute Gasteiger partial charge is 0.335 e. The van der Waals surface area contributed by atoms with Crippen molar-refractivity contribution in [3.05, 3.63) is 29.8 Å². The first-order valence-corrected chi connectivity index (χ1v) is 6.43. The molecule has 2 aliphatic rings. The van der Waals surface area contributed by atoms with Crippen molar-refractivity contribution >= 4 is 17.6 Å². The third kappa shape index (κ3) is 2.33. The van der Waals surface area contributed by atoms with Crippen molar-refractivity contribution in [2.75, 3.05) is 5.32 Å². The predicted molar refractivity (Wildman–Crippen MR) is 68.0 cm³/mol. The summed E-state index contributed by atoms with van der Waals surface area (Å²) >= 11 is 0. The van der Waals surface area contributed by atoms with Crippen LogP contribution in [0.15, 0.2) is 24.3 Å². The number of nitrogens with one attached hydrogen (secondary N) is 1. The number of carbonyl (C=O) groups is 2. The minimum atomic E-state index is -1.00. The Hall–Kier alpha value is -1.88. The molecule has 2 bridgehead atoms. The molecular weight excluding hydrogens is 246 g/mol. The Kier molecular flexibility index (Phi) is 2.98. The maximum atomic E-state index is 12.1. The zero-order valence-corrected chi connectivity index (χ0v) is 10.3. The average Bonchev–Trinajstić information content (AvgIpc) is 3.01. The van der Waals surface area contributed by atoms with E-state index in [2.05, 4.69) is 5.32 Å². The van der Waals surface area contributed by atoms with Crippen LogP contribution in [-0.4, -0.2) is 29.2 Å². The van der Waals surface area contributed by atoms with Crippen LogP contribution in [0.4, 0.5) is 5.69 Å². The molecule has 19 heavy (non-hydrogen) atoms. The van der Waals surface area contributed by atoms with Crippen molar-refractivity contribution in [3.8, 4) is 0 Å². The molecule has 2 fully saturated rings. The molecule has 2 aliphatic heterocycles. The first kappa shape index (κ1) is 12.2. The number of carboxylic acids is 1. The van der Waals surface area contributed by atoms with Crippen LogP contribution < -0.4 is 5.32 Å². The summed E-state index contributed by atoms with van der Waals surface area (Å²) in [4.78, 5) is 23.0. The lowest BCUT2D eigenvalue weighted by Crippen LogP contribution is -2.30. The lowest BCUT2D eigenvalue weighted by atomic mass is 9.88. The summed E-state index contributed by atoms with van der Waals surface area (Å²) in [5, 5.41) is 11.7. The number of anilines is 1. The molecule has 2 heterocycles. The van der Waals surface area contributed by atoms with E-state index in [0.717, 1.165) is 19.3 Å². The van der Waals surface area contributed by atoms with Gasteiger partial charge in [-0.05, 0) is 37.5 Å². The highest BCUT2D eigenvalue weighted by Gasteiger charge is 2.44. The number of rotatable bonds is 3. The standard InChI is InChI=1S/C14H15NO4/c16-13(11-7-10-4-5-12(11)19-10)15-9-3-1-2-8(6-9)14(17)18/h1-3,6,10-12H,4-5,7H2,(H,15,16)(H,17,18). The highest BCUT2D eigenvalue weighted by molar-refractivity contribution is 5.95. The van der Waals surface area contributed by atoms with Crippen LogP contribution in [-0.2, 0) is 9.53 Å². The molecular formula is C14H15NO4. The number of carboxylic acid groups (broad SMARTS) is 1. The molecule has 5 nitrogen and oxygen atoms in total. The number of amides is 1. The normalized spacial score (nSPS) is 28.3. The lowest BCUT2D eigenvalue weighted by Gasteiger charge is -2.18. The van der Waals surface area contributed by atoms with Crippen molar-refractivity contribution in [2.45, 2.75) is 31.5 Å². The Bertz CT molecular complexity index is 528. The van der Waals surface area contributed by atoms with E-state index in [1.807, 2.05) is 0 Å². The van der Waals surface area contributed by atoms with Gasteiger partial charge in [-0.15, -0.1) is 0 Å². The lowest BCUT2D eigenvalue weighted by molar-refractivity contribution is -0.121. The van der Waals surface area contributed by atoms with E-state index < -0.39 is 5.97 Å². The summed E-state index contributed by atoms with van der Waals surface area (Å²) in [6.45, 7) is 0. The molecule has 0 aromatic heterocycles. The molecule has 0 spiro atoms. The van der Waals surface area contributed by atoms with Crippen LogP contribution in [0.1, 0.15) is 29.6 Å². The Labute approximate surface area is 110 Å². The minimum absolute atomic E-state index is 0.0349. The van der Waals surface area contributed by atoms with E-state index in [4.69, 9.17) is 9.84 Å². The third-order valence-corrected chi connectivity index (χ3v) is 3.82. The number of fused-ring (bicyclic) bond motifs is 2. The molecule has 1 aromatic rings. The van der Waals surface area contributed by atoms with Gasteiger partial charge in [0.25, 0.3) is 0 Å². The summed E-state index contributed by atoms with van der Waals surface area (Å²) in [6, 6.07) is 6.28. The summed E-state index contributed by atoms with van der Waals surface area (Å²) in [5.74, 6) is -1.18. The van der Waals surface area contributed by atoms with Gasteiger partial charge in [0.05, 0.1) is 23.7 Å². The molecule has 1 aromatic carbocycles. The average molecular weight is 261 g/mol. The van der Waals surface area contributed by atoms with Gasteiger partial charge >= 0.3 is 5.97 Å². The van der Waals surface area contributed by atoms with Crippen molar-refractivity contribution in [3.63, 3.8) is 0 Å². The van der Waals surface area contributed by atoms with Gasteiger partial charge in [0.2, 0.25) is 5.91 Å². The Morgan fingerprint density at radius 1 is 1.32 bits per heavy atom. The molecule has 3 unspecified atom stereocenters. The van der Waals surface area contributed by atoms with Crippen LogP contribution >= 0.6 is 0 Å². The summed E-state index contributed by atoms with van der Waals surface area (Å²) in [6.07, 6.45) is 3.02. The van der Waals surface area contributed by atoms with E-state index in [9.17, 15) is 9.59 Å². The number of hydrogen-bond acceptors (Lipinski definition) is 3. The van der Waals surface area contributed by atoms with Crippen molar-refractivity contribution in [1.82, 2.24) is 0 Å². The van der Waals surface area contributed by atoms with E-state index >= 15 is 0 Å². The molecule has 1 amide bonds. The fourth-order valence-corrected chi connectivity index (χ4v) is 2.88. The van der Waals surface area contributed by atoms with Crippen molar-refractivity contribution in [2.24, 2.45) is 5.92 Å². The van der Waals surface area contributed by atoms with Gasteiger partial charge in [0.1, 0.15) is 0 Å². The van der Waals surface area contributed by atoms with Gasteiger partial charge < -0.3 is 15.2 Å². The SMILES string of the molecule is O=C(O)c1cccc(NC(=O)C2CC3CCC2O3)c1. The molecule has 2 N–H and O–H groups in total. The zero-order valence-electron chi connectivity index (χ0n) is 10.3. The Morgan fingerprint density at radius 3 is 2.79 bits per heavy atom. The second-order valence-corrected chi connectivity index (χ2v) is 5.09. The van der Waals surface area contributed by atoms with Crippen LogP contribution in [0.3, 0.4) is 0 Å². The third-order valence-electron chi connectivity index (χ3n) is 3.82. The fourth-order valence-electron chi connectivity index (χ4n) is 2.88. The zero-order chi connectivity index (χ0) is 13.4. The van der Waals surface area contributed by atoms with Crippen LogP contribution in [0.2, 0.25) is 0 Å². The molecule has 100 valence electrons. The maximum absolute atomic E-state index is 12.1. The van der Waals surface area contributed by atoms with Crippen molar-refractivity contribution in [1.29, 1.82) is 0 Å². The number of ether oxygens (including phenoxy) is 1. The second-order valence-electron chi connectivity index (χ2n) is 5.09. The summed E-state index contributed by atoms with van der Waals surface area (Å²) < 4.78 is 5.65. The van der Waals surface area contributed by atoms with Gasteiger partial charge in [-0.1, -0.05) is 6.07 Å². The Balaban J connectivity index is 1.69. The molecule has 0 aliphatic carbocycles. The quantitative estimate of drug-likeness (QED) is 0.871. The number of aromatic carboxylic acids is 1. The molecule has 3 rings (SSSR count). The largest absolute Gasteiger partial charge is 0.478 e. The first-order chi connectivity index (χ1) is 9.13. The second kappa shape index (κ2) is 4.66. The highest BCUT2D eigenvalue weighted by atomic mass is 16.5. The van der Waals surface area contributed by atoms with Gasteiger partial charge in [0, 0.05) is 5.69 Å². The Morgan fingerprint density at radius 2 is 2.16 bits per heavy atom. The van der Waals surface area contributed by atoms with Crippen molar-refractivity contribution < 1.29 is 19.4 Å². The van der Waals surface area contributed by atoms with Crippen LogP contribution in [0, 0.1) is 5.92 Å². The number of benzene rings is 1. The molecule has 5 heteroatoms. The molecule has 2 saturated heterocycles. The van der Waals surface area contributed by atoms with E-state index in [1.165, 1.54) is 12.1 Å².